The van der Waals surface area contributed by atoms with Crippen molar-refractivity contribution in [3.8, 4) is 17.0 Å². The first kappa shape index (κ1) is 19.3. The molecule has 3 N–H and O–H groups in total. The average Bonchev–Trinajstić information content (AvgIpc) is 3.20. The molecule has 0 aliphatic carbocycles. The molecule has 2 aromatic heterocycles. The van der Waals surface area contributed by atoms with E-state index in [0.29, 0.717) is 30.0 Å². The van der Waals surface area contributed by atoms with Crippen LogP contribution in [0.3, 0.4) is 0 Å². The predicted octanol–water partition coefficient (Wildman–Crippen LogP) is 3.43. The summed E-state index contributed by atoms with van der Waals surface area (Å²) in [7, 11) is 0. The summed E-state index contributed by atoms with van der Waals surface area (Å²) in [5.41, 5.74) is 4.58. The van der Waals surface area contributed by atoms with Crippen molar-refractivity contribution in [2.75, 3.05) is 19.6 Å². The van der Waals surface area contributed by atoms with Crippen molar-refractivity contribution < 1.29 is 9.90 Å². The topological polar surface area (TPSA) is 94.1 Å². The maximum Gasteiger partial charge on any atom is 0.254 e. The summed E-state index contributed by atoms with van der Waals surface area (Å²) in [6.07, 6.45) is 0. The molecule has 1 saturated heterocycles. The molecule has 0 saturated carbocycles. The van der Waals surface area contributed by atoms with Gasteiger partial charge in [0.25, 0.3) is 5.91 Å². The molecule has 1 amide bonds. The van der Waals surface area contributed by atoms with Crippen molar-refractivity contribution in [1.29, 1.82) is 0 Å². The third-order valence-electron chi connectivity index (χ3n) is 5.77. The number of amides is 1. The van der Waals surface area contributed by atoms with E-state index in [1.807, 2.05) is 36.1 Å². The number of rotatable bonds is 3. The first-order valence-corrected chi connectivity index (χ1v) is 10.3. The Morgan fingerprint density at radius 3 is 2.68 bits per heavy atom. The molecule has 1 aliphatic rings. The Labute approximate surface area is 179 Å². The number of pyridine rings is 1. The number of carbonyl (C=O) groups excluding carboxylic acids is 1. The number of H-pyrrole nitrogens is 1. The van der Waals surface area contributed by atoms with Crippen LogP contribution in [0.1, 0.15) is 27.7 Å². The van der Waals surface area contributed by atoms with Gasteiger partial charge in [0, 0.05) is 31.2 Å². The van der Waals surface area contributed by atoms with E-state index in [9.17, 15) is 9.90 Å². The van der Waals surface area contributed by atoms with E-state index >= 15 is 0 Å². The highest BCUT2D eigenvalue weighted by atomic mass is 16.3. The van der Waals surface area contributed by atoms with Gasteiger partial charge in [-0.2, -0.15) is 5.10 Å². The smallest absolute Gasteiger partial charge is 0.254 e. The Morgan fingerprint density at radius 2 is 1.90 bits per heavy atom. The fourth-order valence-corrected chi connectivity index (χ4v) is 4.15. The summed E-state index contributed by atoms with van der Waals surface area (Å²) in [6.45, 7) is 3.84. The quantitative estimate of drug-likeness (QED) is 0.478. The number of benzene rings is 2. The van der Waals surface area contributed by atoms with Gasteiger partial charge in [0.15, 0.2) is 5.65 Å². The molecule has 7 heteroatoms. The van der Waals surface area contributed by atoms with Gasteiger partial charge >= 0.3 is 0 Å². The minimum atomic E-state index is -0.0284. The molecule has 3 heterocycles. The van der Waals surface area contributed by atoms with E-state index < -0.39 is 0 Å². The molecule has 4 aromatic rings. The normalized spacial score (nSPS) is 16.5. The van der Waals surface area contributed by atoms with Gasteiger partial charge in [-0.3, -0.25) is 9.89 Å². The van der Waals surface area contributed by atoms with Crippen molar-refractivity contribution in [2.45, 2.75) is 13.0 Å². The lowest BCUT2D eigenvalue weighted by Gasteiger charge is -2.34. The monoisotopic (exact) mass is 413 g/mol. The molecule has 0 radical (unpaired) electrons. The van der Waals surface area contributed by atoms with Crippen molar-refractivity contribution in [1.82, 2.24) is 25.4 Å². The highest BCUT2D eigenvalue weighted by Crippen LogP contribution is 2.28. The maximum atomic E-state index is 13.7. The molecule has 0 bridgehead atoms. The number of aromatic amines is 1. The van der Waals surface area contributed by atoms with Crippen molar-refractivity contribution >= 4 is 16.9 Å². The Morgan fingerprint density at radius 1 is 1.13 bits per heavy atom. The molecule has 1 fully saturated rings. The summed E-state index contributed by atoms with van der Waals surface area (Å²) < 4.78 is 0. The number of fused-ring (bicyclic) bond motifs is 1. The van der Waals surface area contributed by atoms with Gasteiger partial charge < -0.3 is 15.3 Å². The number of hydrogen-bond acceptors (Lipinski definition) is 5. The van der Waals surface area contributed by atoms with Crippen LogP contribution in [0.2, 0.25) is 0 Å². The third-order valence-corrected chi connectivity index (χ3v) is 5.77. The molecule has 156 valence electrons. The van der Waals surface area contributed by atoms with Crippen LogP contribution in [-0.2, 0) is 0 Å². The number of phenols is 1. The zero-order valence-corrected chi connectivity index (χ0v) is 17.2. The molecular weight excluding hydrogens is 390 g/mol. The van der Waals surface area contributed by atoms with Crippen LogP contribution in [0.4, 0.5) is 0 Å². The number of nitrogens with zero attached hydrogens (tertiary/aromatic N) is 3. The van der Waals surface area contributed by atoms with Gasteiger partial charge in [0.1, 0.15) is 5.75 Å². The molecule has 31 heavy (non-hydrogen) atoms. The van der Waals surface area contributed by atoms with Crippen molar-refractivity contribution in [3.05, 3.63) is 77.5 Å². The second kappa shape index (κ2) is 7.85. The summed E-state index contributed by atoms with van der Waals surface area (Å²) in [4.78, 5) is 20.2. The van der Waals surface area contributed by atoms with Gasteiger partial charge in [-0.15, -0.1) is 0 Å². The summed E-state index contributed by atoms with van der Waals surface area (Å²) in [5, 5.41) is 21.1. The molecule has 7 nitrogen and oxygen atoms in total. The van der Waals surface area contributed by atoms with Crippen molar-refractivity contribution in [3.63, 3.8) is 0 Å². The van der Waals surface area contributed by atoms with Gasteiger partial charge in [0.05, 0.1) is 22.3 Å². The Balaban J connectivity index is 1.53. The highest BCUT2D eigenvalue weighted by Gasteiger charge is 2.27. The molecular formula is C24H23N5O2. The summed E-state index contributed by atoms with van der Waals surface area (Å²) >= 11 is 0. The number of nitrogens with one attached hydrogen (secondary N) is 2. The van der Waals surface area contributed by atoms with Crippen LogP contribution in [0.5, 0.6) is 5.75 Å². The molecule has 5 rings (SSSR count). The van der Waals surface area contributed by atoms with Crippen LogP contribution in [0.15, 0.2) is 60.7 Å². The molecule has 0 spiro atoms. The Bertz CT molecular complexity index is 1230. The van der Waals surface area contributed by atoms with E-state index in [1.165, 1.54) is 5.56 Å². The maximum absolute atomic E-state index is 13.7. The third kappa shape index (κ3) is 3.64. The summed E-state index contributed by atoms with van der Waals surface area (Å²) in [6, 6.07) is 18.9. The van der Waals surface area contributed by atoms with Crippen LogP contribution < -0.4 is 5.32 Å². The zero-order chi connectivity index (χ0) is 21.4. The predicted molar refractivity (Wildman–Crippen MR) is 119 cm³/mol. The minimum absolute atomic E-state index is 0.0284. The second-order valence-electron chi connectivity index (χ2n) is 7.80. The van der Waals surface area contributed by atoms with Crippen molar-refractivity contribution in [2.24, 2.45) is 0 Å². The molecule has 2 aromatic carbocycles. The van der Waals surface area contributed by atoms with Crippen LogP contribution >= 0.6 is 0 Å². The fraction of sp³-hybridized carbons (Fsp3) is 0.208. The van der Waals surface area contributed by atoms with Crippen LogP contribution in [0.25, 0.3) is 22.3 Å². The van der Waals surface area contributed by atoms with Crippen LogP contribution in [0, 0.1) is 6.92 Å². The number of carbonyl (C=O) groups is 1. The lowest BCUT2D eigenvalue weighted by Crippen LogP contribution is -2.48. The molecule has 1 atom stereocenters. The van der Waals surface area contributed by atoms with Gasteiger partial charge in [-0.1, -0.05) is 30.3 Å². The molecule has 1 aliphatic heterocycles. The van der Waals surface area contributed by atoms with E-state index in [2.05, 4.69) is 32.6 Å². The van der Waals surface area contributed by atoms with E-state index in [-0.39, 0.29) is 17.7 Å². The number of aromatic nitrogens is 3. The zero-order valence-electron chi connectivity index (χ0n) is 17.2. The largest absolute Gasteiger partial charge is 0.508 e. The van der Waals surface area contributed by atoms with E-state index in [0.717, 1.165) is 23.2 Å². The standard InChI is InChI=1S/C24H23N5O2/c1-15-22-19(13-20(26-23(22)28-27-15)17-7-9-18(30)10-8-17)24(31)29-12-11-25-21(14-29)16-5-3-2-4-6-16/h2-10,13,21,25,30H,11-12,14H2,1H3,(H,26,27,28)/t21-/m1/s1. The SMILES string of the molecule is Cc1n[nH]c2nc(-c3ccc(O)cc3)cc(C(=O)N3CCN[C@@H](c4ccccc4)C3)c12. The fourth-order valence-electron chi connectivity index (χ4n) is 4.15. The van der Waals surface area contributed by atoms with Crippen LogP contribution in [-0.4, -0.2) is 50.7 Å². The highest BCUT2D eigenvalue weighted by molar-refractivity contribution is 6.07. The number of aromatic hydroxyl groups is 1. The van der Waals surface area contributed by atoms with E-state index in [4.69, 9.17) is 0 Å². The van der Waals surface area contributed by atoms with E-state index in [1.54, 1.807) is 24.3 Å². The average molecular weight is 413 g/mol. The summed E-state index contributed by atoms with van der Waals surface area (Å²) in [5.74, 6) is 0.158. The lowest BCUT2D eigenvalue weighted by atomic mass is 10.0. The minimum Gasteiger partial charge on any atom is -0.508 e. The first-order chi connectivity index (χ1) is 15.1. The first-order valence-electron chi connectivity index (χ1n) is 10.3. The lowest BCUT2D eigenvalue weighted by molar-refractivity contribution is 0.0705. The molecule has 0 unspecified atom stereocenters. The number of aryl methyl sites for hydroxylation is 1. The van der Waals surface area contributed by atoms with Gasteiger partial charge in [-0.25, -0.2) is 4.98 Å². The second-order valence-corrected chi connectivity index (χ2v) is 7.80. The van der Waals surface area contributed by atoms with Gasteiger partial charge in [0.2, 0.25) is 0 Å². The number of phenolic OH excluding ortho intramolecular Hbond substituents is 1. The Hall–Kier alpha value is -3.71. The van der Waals surface area contributed by atoms with Gasteiger partial charge in [-0.05, 0) is 42.8 Å². The Kier molecular flexibility index (Phi) is 4.88. The number of hydrogen-bond donors (Lipinski definition) is 3. The number of piperazine rings is 1.